The van der Waals surface area contributed by atoms with Gasteiger partial charge in [0.05, 0.1) is 13.0 Å². The number of benzene rings is 1. The third-order valence-corrected chi connectivity index (χ3v) is 2.46. The van der Waals surface area contributed by atoms with E-state index in [2.05, 4.69) is 10.6 Å². The quantitative estimate of drug-likeness (QED) is 0.665. The lowest BCUT2D eigenvalue weighted by atomic mass is 10.1. The van der Waals surface area contributed by atoms with Crippen LogP contribution >= 0.6 is 0 Å². The van der Waals surface area contributed by atoms with E-state index in [1.165, 1.54) is 0 Å². The third kappa shape index (κ3) is 4.97. The fraction of sp³-hybridized carbons (Fsp3) is 0.385. The molecular weight excluding hydrogens is 232 g/mol. The molecule has 0 unspecified atom stereocenters. The normalized spacial score (nSPS) is 10.1. The molecule has 5 nitrogen and oxygen atoms in total. The Labute approximate surface area is 106 Å². The average Bonchev–Trinajstić information content (AvgIpc) is 2.28. The average molecular weight is 250 g/mol. The molecule has 1 rings (SSSR count). The molecule has 0 bridgehead atoms. The molecule has 0 aliphatic carbocycles. The Bertz CT molecular complexity index is 444. The lowest BCUT2D eigenvalue weighted by Gasteiger charge is -2.09. The molecule has 98 valence electrons. The molecule has 1 amide bonds. The van der Waals surface area contributed by atoms with Gasteiger partial charge in [0, 0.05) is 12.2 Å². The van der Waals surface area contributed by atoms with Crippen molar-refractivity contribution in [1.82, 2.24) is 5.32 Å². The Kier molecular flexibility index (Phi) is 5.32. The second-order valence-corrected chi connectivity index (χ2v) is 4.19. The van der Waals surface area contributed by atoms with E-state index in [0.717, 1.165) is 16.8 Å². The number of carboxylic acid groups (broad SMARTS) is 1. The first-order chi connectivity index (χ1) is 8.49. The van der Waals surface area contributed by atoms with E-state index in [4.69, 9.17) is 5.11 Å². The number of rotatable bonds is 6. The number of amides is 1. The fourth-order valence-corrected chi connectivity index (χ4v) is 1.55. The largest absolute Gasteiger partial charge is 0.481 e. The van der Waals surface area contributed by atoms with E-state index in [1.54, 1.807) is 0 Å². The number of carbonyl (C=O) groups excluding carboxylic acids is 1. The number of hydrogen-bond acceptors (Lipinski definition) is 3. The number of aliphatic carboxylic acids is 1. The second kappa shape index (κ2) is 6.76. The van der Waals surface area contributed by atoms with Crippen LogP contribution in [0.2, 0.25) is 0 Å². The minimum Gasteiger partial charge on any atom is -0.481 e. The van der Waals surface area contributed by atoms with Gasteiger partial charge in [-0.3, -0.25) is 9.59 Å². The molecule has 0 aromatic heterocycles. The molecule has 1 aromatic carbocycles. The maximum atomic E-state index is 11.6. The van der Waals surface area contributed by atoms with E-state index < -0.39 is 5.97 Å². The van der Waals surface area contributed by atoms with Crippen molar-refractivity contribution < 1.29 is 14.7 Å². The van der Waals surface area contributed by atoms with Crippen molar-refractivity contribution in [1.29, 1.82) is 0 Å². The Balaban J connectivity index is 2.38. The fourth-order valence-electron chi connectivity index (χ4n) is 1.55. The van der Waals surface area contributed by atoms with Gasteiger partial charge in [-0.05, 0) is 25.5 Å². The highest BCUT2D eigenvalue weighted by molar-refractivity contribution is 5.93. The Morgan fingerprint density at radius 2 is 2.00 bits per heavy atom. The van der Waals surface area contributed by atoms with Crippen LogP contribution in [0.1, 0.15) is 17.5 Å². The summed E-state index contributed by atoms with van der Waals surface area (Å²) < 4.78 is 0. The lowest BCUT2D eigenvalue weighted by molar-refractivity contribution is -0.137. The monoisotopic (exact) mass is 250 g/mol. The van der Waals surface area contributed by atoms with Crippen LogP contribution in [0.3, 0.4) is 0 Å². The summed E-state index contributed by atoms with van der Waals surface area (Å²) in [5.74, 6) is -1.05. The van der Waals surface area contributed by atoms with Crippen LogP contribution in [-0.4, -0.2) is 30.1 Å². The number of carboxylic acids is 1. The van der Waals surface area contributed by atoms with E-state index in [-0.39, 0.29) is 25.4 Å². The van der Waals surface area contributed by atoms with Gasteiger partial charge >= 0.3 is 5.97 Å². The van der Waals surface area contributed by atoms with Crippen molar-refractivity contribution in [3.05, 3.63) is 29.3 Å². The molecule has 0 saturated heterocycles. The van der Waals surface area contributed by atoms with Crippen molar-refractivity contribution in [2.75, 3.05) is 18.4 Å². The zero-order valence-electron chi connectivity index (χ0n) is 10.6. The van der Waals surface area contributed by atoms with E-state index >= 15 is 0 Å². The number of aryl methyl sites for hydroxylation is 2. The summed E-state index contributed by atoms with van der Waals surface area (Å²) in [5, 5.41) is 14.0. The summed E-state index contributed by atoms with van der Waals surface area (Å²) >= 11 is 0. The standard InChI is InChI=1S/C13H18N2O3/c1-9-3-4-11(10(2)7-9)15-12(16)8-14-6-5-13(17)18/h3-4,7,14H,5-6,8H2,1-2H3,(H,15,16)(H,17,18). The molecule has 0 spiro atoms. The SMILES string of the molecule is Cc1ccc(NC(=O)CNCCC(=O)O)c(C)c1. The lowest BCUT2D eigenvalue weighted by Crippen LogP contribution is -2.29. The second-order valence-electron chi connectivity index (χ2n) is 4.19. The number of anilines is 1. The summed E-state index contributed by atoms with van der Waals surface area (Å²) in [4.78, 5) is 21.8. The van der Waals surface area contributed by atoms with Gasteiger partial charge < -0.3 is 15.7 Å². The highest BCUT2D eigenvalue weighted by Crippen LogP contribution is 2.15. The maximum absolute atomic E-state index is 11.6. The summed E-state index contributed by atoms with van der Waals surface area (Å²) in [7, 11) is 0. The van der Waals surface area contributed by atoms with Gasteiger partial charge in [0.15, 0.2) is 0 Å². The predicted molar refractivity (Wildman–Crippen MR) is 69.7 cm³/mol. The highest BCUT2D eigenvalue weighted by atomic mass is 16.4. The van der Waals surface area contributed by atoms with Crippen LogP contribution < -0.4 is 10.6 Å². The Morgan fingerprint density at radius 3 is 2.61 bits per heavy atom. The van der Waals surface area contributed by atoms with Crippen molar-refractivity contribution in [3.63, 3.8) is 0 Å². The maximum Gasteiger partial charge on any atom is 0.304 e. The predicted octanol–water partition coefficient (Wildman–Crippen LogP) is 1.31. The van der Waals surface area contributed by atoms with Gasteiger partial charge in [-0.15, -0.1) is 0 Å². The first-order valence-corrected chi connectivity index (χ1v) is 5.78. The molecule has 18 heavy (non-hydrogen) atoms. The van der Waals surface area contributed by atoms with Crippen LogP contribution in [0.15, 0.2) is 18.2 Å². The van der Waals surface area contributed by atoms with Gasteiger partial charge in [0.1, 0.15) is 0 Å². The van der Waals surface area contributed by atoms with Crippen molar-refractivity contribution >= 4 is 17.6 Å². The van der Waals surface area contributed by atoms with Gasteiger partial charge in [-0.2, -0.15) is 0 Å². The molecule has 5 heteroatoms. The Morgan fingerprint density at radius 1 is 1.28 bits per heavy atom. The number of hydrogen-bond donors (Lipinski definition) is 3. The van der Waals surface area contributed by atoms with E-state index in [0.29, 0.717) is 0 Å². The van der Waals surface area contributed by atoms with Crippen LogP contribution in [0.4, 0.5) is 5.69 Å². The third-order valence-electron chi connectivity index (χ3n) is 2.46. The summed E-state index contributed by atoms with van der Waals surface area (Å²) in [6, 6.07) is 5.79. The molecule has 0 aliphatic rings. The minimum absolute atomic E-state index is 0.0108. The van der Waals surface area contributed by atoms with E-state index in [9.17, 15) is 9.59 Å². The number of carbonyl (C=O) groups is 2. The summed E-state index contributed by atoms with van der Waals surface area (Å²) in [5.41, 5.74) is 2.93. The van der Waals surface area contributed by atoms with Gasteiger partial charge in [-0.25, -0.2) is 0 Å². The highest BCUT2D eigenvalue weighted by Gasteiger charge is 2.04. The summed E-state index contributed by atoms with van der Waals surface area (Å²) in [6.45, 7) is 4.32. The first-order valence-electron chi connectivity index (χ1n) is 5.78. The van der Waals surface area contributed by atoms with E-state index in [1.807, 2.05) is 32.0 Å². The van der Waals surface area contributed by atoms with Gasteiger partial charge in [-0.1, -0.05) is 17.7 Å². The summed E-state index contributed by atoms with van der Waals surface area (Å²) in [6.07, 6.45) is 0.0108. The first kappa shape index (κ1) is 14.2. The zero-order valence-corrected chi connectivity index (χ0v) is 10.6. The van der Waals surface area contributed by atoms with Crippen molar-refractivity contribution in [2.45, 2.75) is 20.3 Å². The molecule has 0 fully saturated rings. The topological polar surface area (TPSA) is 78.4 Å². The van der Waals surface area contributed by atoms with Crippen molar-refractivity contribution in [2.24, 2.45) is 0 Å². The smallest absolute Gasteiger partial charge is 0.304 e. The molecule has 3 N–H and O–H groups in total. The van der Waals surface area contributed by atoms with Crippen LogP contribution in [-0.2, 0) is 9.59 Å². The molecule has 0 saturated carbocycles. The molecule has 1 aromatic rings. The van der Waals surface area contributed by atoms with Gasteiger partial charge in [0.25, 0.3) is 0 Å². The van der Waals surface area contributed by atoms with Crippen LogP contribution in [0.5, 0.6) is 0 Å². The minimum atomic E-state index is -0.878. The Hall–Kier alpha value is -1.88. The van der Waals surface area contributed by atoms with Crippen molar-refractivity contribution in [3.8, 4) is 0 Å². The number of nitrogens with one attached hydrogen (secondary N) is 2. The molecule has 0 radical (unpaired) electrons. The molecule has 0 aliphatic heterocycles. The molecule has 0 heterocycles. The molecular formula is C13H18N2O3. The van der Waals surface area contributed by atoms with Gasteiger partial charge in [0.2, 0.25) is 5.91 Å². The van der Waals surface area contributed by atoms with Crippen LogP contribution in [0, 0.1) is 13.8 Å². The molecule has 0 atom stereocenters. The zero-order chi connectivity index (χ0) is 13.5. The van der Waals surface area contributed by atoms with Crippen LogP contribution in [0.25, 0.3) is 0 Å².